The van der Waals surface area contributed by atoms with Gasteiger partial charge in [-0.2, -0.15) is 10.2 Å². The SMILES string of the molecule is CCOC(=O)c1c(N)nc(-c2cccc(C#N)c2)nc1OCCOCc1ccccc1. The van der Waals surface area contributed by atoms with E-state index in [1.807, 2.05) is 30.3 Å². The minimum atomic E-state index is -0.669. The molecule has 0 spiro atoms. The lowest BCUT2D eigenvalue weighted by Crippen LogP contribution is -2.16. The summed E-state index contributed by atoms with van der Waals surface area (Å²) in [7, 11) is 0. The molecule has 0 bridgehead atoms. The highest BCUT2D eigenvalue weighted by Crippen LogP contribution is 2.27. The summed E-state index contributed by atoms with van der Waals surface area (Å²) in [5.74, 6) is -0.488. The predicted molar refractivity (Wildman–Crippen MR) is 114 cm³/mol. The predicted octanol–water partition coefficient (Wildman–Crippen LogP) is 3.37. The lowest BCUT2D eigenvalue weighted by Gasteiger charge is -2.13. The molecule has 158 valence electrons. The number of nitrogen functional groups attached to an aromatic ring is 1. The van der Waals surface area contributed by atoms with E-state index in [-0.39, 0.29) is 42.9 Å². The minimum Gasteiger partial charge on any atom is -0.474 e. The Balaban J connectivity index is 1.78. The number of anilines is 1. The molecule has 8 nitrogen and oxygen atoms in total. The third-order valence-corrected chi connectivity index (χ3v) is 4.21. The third-order valence-electron chi connectivity index (χ3n) is 4.21. The molecule has 0 aliphatic heterocycles. The van der Waals surface area contributed by atoms with Gasteiger partial charge < -0.3 is 19.9 Å². The number of nitrogens with two attached hydrogens (primary N) is 1. The molecule has 2 N–H and O–H groups in total. The second-order valence-corrected chi connectivity index (χ2v) is 6.41. The lowest BCUT2D eigenvalue weighted by molar-refractivity contribution is 0.0515. The number of nitrogens with zero attached hydrogens (tertiary/aromatic N) is 3. The van der Waals surface area contributed by atoms with Gasteiger partial charge in [0.05, 0.1) is 31.5 Å². The van der Waals surface area contributed by atoms with Crippen molar-refractivity contribution in [2.45, 2.75) is 13.5 Å². The number of carbonyl (C=O) groups excluding carboxylic acids is 1. The Morgan fingerprint density at radius 3 is 2.65 bits per heavy atom. The average molecular weight is 418 g/mol. The monoisotopic (exact) mass is 418 g/mol. The molecule has 0 saturated heterocycles. The number of aromatic nitrogens is 2. The van der Waals surface area contributed by atoms with Gasteiger partial charge in [0.25, 0.3) is 0 Å². The Morgan fingerprint density at radius 1 is 1.10 bits per heavy atom. The summed E-state index contributed by atoms with van der Waals surface area (Å²) >= 11 is 0. The van der Waals surface area contributed by atoms with Gasteiger partial charge in [0.2, 0.25) is 5.88 Å². The Bertz CT molecular complexity index is 1080. The molecular weight excluding hydrogens is 396 g/mol. The van der Waals surface area contributed by atoms with Crippen LogP contribution >= 0.6 is 0 Å². The van der Waals surface area contributed by atoms with Crippen LogP contribution in [0.3, 0.4) is 0 Å². The number of ether oxygens (including phenoxy) is 3. The summed E-state index contributed by atoms with van der Waals surface area (Å²) in [6.45, 7) is 2.72. The molecule has 0 radical (unpaired) electrons. The Morgan fingerprint density at radius 2 is 1.90 bits per heavy atom. The average Bonchev–Trinajstić information content (AvgIpc) is 2.79. The summed E-state index contributed by atoms with van der Waals surface area (Å²) in [5, 5.41) is 9.13. The van der Waals surface area contributed by atoms with Crippen molar-refractivity contribution < 1.29 is 19.0 Å². The fraction of sp³-hybridized carbons (Fsp3) is 0.217. The van der Waals surface area contributed by atoms with Gasteiger partial charge in [-0.3, -0.25) is 0 Å². The van der Waals surface area contributed by atoms with E-state index in [1.165, 1.54) is 0 Å². The lowest BCUT2D eigenvalue weighted by atomic mass is 10.1. The van der Waals surface area contributed by atoms with Crippen LogP contribution in [0.1, 0.15) is 28.4 Å². The first-order chi connectivity index (χ1) is 15.1. The van der Waals surface area contributed by atoms with Crippen LogP contribution in [-0.4, -0.2) is 35.8 Å². The normalized spacial score (nSPS) is 10.3. The summed E-state index contributed by atoms with van der Waals surface area (Å²) in [6, 6.07) is 18.6. The van der Waals surface area contributed by atoms with Crippen LogP contribution in [0.25, 0.3) is 11.4 Å². The Labute approximate surface area is 180 Å². The second-order valence-electron chi connectivity index (χ2n) is 6.41. The first-order valence-electron chi connectivity index (χ1n) is 9.72. The Kier molecular flexibility index (Phi) is 7.51. The number of hydrogen-bond donors (Lipinski definition) is 1. The van der Waals surface area contributed by atoms with Crippen LogP contribution in [0.5, 0.6) is 5.88 Å². The van der Waals surface area contributed by atoms with Gasteiger partial charge in [0, 0.05) is 5.56 Å². The summed E-state index contributed by atoms with van der Waals surface area (Å²) < 4.78 is 16.4. The number of rotatable bonds is 9. The van der Waals surface area contributed by atoms with Crippen molar-refractivity contribution in [3.8, 4) is 23.3 Å². The number of nitriles is 1. The zero-order valence-electron chi connectivity index (χ0n) is 17.1. The van der Waals surface area contributed by atoms with E-state index in [2.05, 4.69) is 16.0 Å². The van der Waals surface area contributed by atoms with Gasteiger partial charge in [0.15, 0.2) is 11.4 Å². The fourth-order valence-corrected chi connectivity index (χ4v) is 2.77. The van der Waals surface area contributed by atoms with E-state index in [1.54, 1.807) is 31.2 Å². The number of hydrogen-bond acceptors (Lipinski definition) is 8. The van der Waals surface area contributed by atoms with Gasteiger partial charge in [-0.1, -0.05) is 42.5 Å². The quantitative estimate of drug-likeness (QED) is 0.415. The van der Waals surface area contributed by atoms with Crippen molar-refractivity contribution in [2.24, 2.45) is 0 Å². The summed E-state index contributed by atoms with van der Waals surface area (Å²) in [4.78, 5) is 20.9. The molecule has 1 heterocycles. The highest BCUT2D eigenvalue weighted by Gasteiger charge is 2.23. The zero-order chi connectivity index (χ0) is 22.1. The zero-order valence-corrected chi connectivity index (χ0v) is 17.1. The van der Waals surface area contributed by atoms with Crippen molar-refractivity contribution in [1.82, 2.24) is 9.97 Å². The van der Waals surface area contributed by atoms with Crippen molar-refractivity contribution in [3.05, 3.63) is 71.3 Å². The Hall–Kier alpha value is -3.96. The molecule has 3 aromatic rings. The first kappa shape index (κ1) is 21.7. The van der Waals surface area contributed by atoms with Crippen molar-refractivity contribution in [2.75, 3.05) is 25.6 Å². The van der Waals surface area contributed by atoms with Gasteiger partial charge >= 0.3 is 5.97 Å². The summed E-state index contributed by atoms with van der Waals surface area (Å²) in [5.41, 5.74) is 8.07. The fourth-order valence-electron chi connectivity index (χ4n) is 2.77. The number of benzene rings is 2. The number of esters is 1. The van der Waals surface area contributed by atoms with Crippen LogP contribution in [0.4, 0.5) is 5.82 Å². The maximum absolute atomic E-state index is 12.4. The van der Waals surface area contributed by atoms with Gasteiger partial charge in [-0.05, 0) is 24.6 Å². The molecule has 31 heavy (non-hydrogen) atoms. The van der Waals surface area contributed by atoms with E-state index in [0.717, 1.165) is 5.56 Å². The molecule has 0 aliphatic carbocycles. The minimum absolute atomic E-state index is 0.00613. The summed E-state index contributed by atoms with van der Waals surface area (Å²) in [6.07, 6.45) is 0. The molecule has 0 atom stereocenters. The van der Waals surface area contributed by atoms with Gasteiger partial charge in [-0.15, -0.1) is 0 Å². The highest BCUT2D eigenvalue weighted by molar-refractivity contribution is 5.97. The van der Waals surface area contributed by atoms with Crippen LogP contribution in [0.2, 0.25) is 0 Å². The molecule has 0 fully saturated rings. The van der Waals surface area contributed by atoms with E-state index in [0.29, 0.717) is 17.7 Å². The molecule has 0 saturated carbocycles. The van der Waals surface area contributed by atoms with Crippen LogP contribution in [-0.2, 0) is 16.1 Å². The van der Waals surface area contributed by atoms with Crippen molar-refractivity contribution in [1.29, 1.82) is 5.26 Å². The second kappa shape index (κ2) is 10.7. The topological polar surface area (TPSA) is 120 Å². The van der Waals surface area contributed by atoms with E-state index in [4.69, 9.17) is 25.2 Å². The standard InChI is InChI=1S/C23H22N4O4/c1-2-30-23(28)19-20(25)26-21(18-10-6-9-17(13-18)14-24)27-22(19)31-12-11-29-15-16-7-4-3-5-8-16/h3-10,13H,2,11-12,15H2,1H3,(H2,25,26,27). The van der Waals surface area contributed by atoms with Crippen LogP contribution in [0, 0.1) is 11.3 Å². The smallest absolute Gasteiger partial charge is 0.347 e. The molecule has 0 unspecified atom stereocenters. The van der Waals surface area contributed by atoms with E-state index in [9.17, 15) is 4.79 Å². The molecule has 3 rings (SSSR count). The highest BCUT2D eigenvalue weighted by atomic mass is 16.5. The van der Waals surface area contributed by atoms with Crippen molar-refractivity contribution >= 4 is 11.8 Å². The number of carbonyl (C=O) groups is 1. The third kappa shape index (κ3) is 5.78. The first-order valence-corrected chi connectivity index (χ1v) is 9.72. The maximum atomic E-state index is 12.4. The van der Waals surface area contributed by atoms with Gasteiger partial charge in [0.1, 0.15) is 12.4 Å². The largest absolute Gasteiger partial charge is 0.474 e. The van der Waals surface area contributed by atoms with Crippen LogP contribution in [0.15, 0.2) is 54.6 Å². The molecule has 2 aromatic carbocycles. The van der Waals surface area contributed by atoms with E-state index < -0.39 is 5.97 Å². The molecule has 0 amide bonds. The molecular formula is C23H22N4O4. The van der Waals surface area contributed by atoms with Gasteiger partial charge in [-0.25, -0.2) is 9.78 Å². The van der Waals surface area contributed by atoms with Crippen molar-refractivity contribution in [3.63, 3.8) is 0 Å². The molecule has 8 heteroatoms. The maximum Gasteiger partial charge on any atom is 0.347 e. The molecule has 1 aromatic heterocycles. The van der Waals surface area contributed by atoms with Crippen LogP contribution < -0.4 is 10.5 Å². The van der Waals surface area contributed by atoms with E-state index >= 15 is 0 Å². The molecule has 0 aliphatic rings.